The molecule has 0 aliphatic heterocycles. The number of nitrogens with one attached hydrogen (secondary N) is 1. The van der Waals surface area contributed by atoms with Crippen LogP contribution in [0.4, 0.5) is 11.5 Å². The molecule has 0 radical (unpaired) electrons. The van der Waals surface area contributed by atoms with Gasteiger partial charge in [-0.15, -0.1) is 0 Å². The van der Waals surface area contributed by atoms with Gasteiger partial charge in [-0.3, -0.25) is 19.3 Å². The fourth-order valence-corrected chi connectivity index (χ4v) is 3.97. The van der Waals surface area contributed by atoms with Gasteiger partial charge in [0.15, 0.2) is 0 Å². The van der Waals surface area contributed by atoms with Crippen LogP contribution in [0.3, 0.4) is 0 Å². The van der Waals surface area contributed by atoms with E-state index in [4.69, 9.17) is 0 Å². The third-order valence-electron chi connectivity index (χ3n) is 5.33. The first-order valence-electron chi connectivity index (χ1n) is 9.14. The van der Waals surface area contributed by atoms with E-state index >= 15 is 0 Å². The number of nitro groups is 1. The van der Waals surface area contributed by atoms with Gasteiger partial charge in [0, 0.05) is 12.2 Å². The summed E-state index contributed by atoms with van der Waals surface area (Å²) < 4.78 is 1.20. The normalized spacial score (nSPS) is 18.8. The molecule has 2 aromatic heterocycles. The van der Waals surface area contributed by atoms with Crippen molar-refractivity contribution in [1.29, 1.82) is 0 Å². The lowest BCUT2D eigenvalue weighted by molar-refractivity contribution is -0.385. The minimum Gasteiger partial charge on any atom is -0.356 e. The molecule has 0 saturated carbocycles. The second-order valence-corrected chi connectivity index (χ2v) is 7.19. The summed E-state index contributed by atoms with van der Waals surface area (Å²) in [5.74, 6) is 0.00903. The van der Waals surface area contributed by atoms with E-state index in [-0.39, 0.29) is 17.9 Å². The summed E-state index contributed by atoms with van der Waals surface area (Å²) in [6, 6.07) is 13.0. The van der Waals surface area contributed by atoms with Crippen molar-refractivity contribution in [3.05, 3.63) is 80.3 Å². The maximum atomic E-state index is 12.7. The van der Waals surface area contributed by atoms with Crippen molar-refractivity contribution in [2.75, 3.05) is 19.4 Å². The Morgan fingerprint density at radius 2 is 1.96 bits per heavy atom. The fraction of sp³-hybridized carbons (Fsp3) is 0.300. The summed E-state index contributed by atoms with van der Waals surface area (Å²) in [6.45, 7) is 0. The van der Waals surface area contributed by atoms with Crippen molar-refractivity contribution in [3.8, 4) is 0 Å². The van der Waals surface area contributed by atoms with Crippen molar-refractivity contribution in [2.24, 2.45) is 0 Å². The van der Waals surface area contributed by atoms with Crippen molar-refractivity contribution < 1.29 is 4.92 Å². The zero-order chi connectivity index (χ0) is 19.8. The van der Waals surface area contributed by atoms with Crippen LogP contribution in [0.15, 0.2) is 53.5 Å². The van der Waals surface area contributed by atoms with Crippen LogP contribution in [-0.4, -0.2) is 39.3 Å². The topological polar surface area (TPSA) is 92.8 Å². The zero-order valence-corrected chi connectivity index (χ0v) is 15.7. The second-order valence-electron chi connectivity index (χ2n) is 7.19. The zero-order valence-electron chi connectivity index (χ0n) is 15.7. The lowest BCUT2D eigenvalue weighted by Gasteiger charge is -2.38. The highest BCUT2D eigenvalue weighted by molar-refractivity contribution is 5.61. The maximum absolute atomic E-state index is 12.7. The molecule has 0 amide bonds. The largest absolute Gasteiger partial charge is 0.376 e. The molecule has 8 nitrogen and oxygen atoms in total. The van der Waals surface area contributed by atoms with Gasteiger partial charge >= 0.3 is 11.2 Å². The number of aryl methyl sites for hydroxylation is 1. The molecule has 0 fully saturated rings. The highest BCUT2D eigenvalue weighted by Crippen LogP contribution is 2.35. The van der Waals surface area contributed by atoms with Crippen LogP contribution in [0.2, 0.25) is 0 Å². The minimum atomic E-state index is -0.691. The Kier molecular flexibility index (Phi) is 4.56. The van der Waals surface area contributed by atoms with E-state index < -0.39 is 16.2 Å². The number of hydrogen-bond acceptors (Lipinski definition) is 6. The number of anilines is 1. The lowest BCUT2D eigenvalue weighted by atomic mass is 9.83. The minimum absolute atomic E-state index is 0.00903. The van der Waals surface area contributed by atoms with Crippen LogP contribution in [0.1, 0.15) is 23.6 Å². The van der Waals surface area contributed by atoms with Crippen LogP contribution in [0.25, 0.3) is 5.65 Å². The molecule has 0 saturated heterocycles. The van der Waals surface area contributed by atoms with E-state index in [1.807, 2.05) is 32.3 Å². The SMILES string of the molecule is CN(C)[C@H]1CCc2ccccc2[C@@H]1Nc1nc2ccccn2c(=O)c1[N+](=O)[O-]. The molecule has 0 bridgehead atoms. The van der Waals surface area contributed by atoms with Gasteiger partial charge in [0.25, 0.3) is 0 Å². The maximum Gasteiger partial charge on any atom is 0.376 e. The van der Waals surface area contributed by atoms with Crippen LogP contribution < -0.4 is 10.9 Å². The predicted octanol–water partition coefficient (Wildman–Crippen LogP) is 2.63. The van der Waals surface area contributed by atoms with Crippen molar-refractivity contribution in [1.82, 2.24) is 14.3 Å². The fourth-order valence-electron chi connectivity index (χ4n) is 3.97. The van der Waals surface area contributed by atoms with E-state index in [0.717, 1.165) is 18.4 Å². The Morgan fingerprint density at radius 3 is 2.71 bits per heavy atom. The number of nitrogens with zero attached hydrogens (tertiary/aromatic N) is 4. The van der Waals surface area contributed by atoms with Crippen molar-refractivity contribution in [2.45, 2.75) is 24.9 Å². The third kappa shape index (κ3) is 3.01. The van der Waals surface area contributed by atoms with Crippen LogP contribution in [0.5, 0.6) is 0 Å². The molecule has 2 atom stereocenters. The Balaban J connectivity index is 1.87. The Labute approximate surface area is 161 Å². The molecular weight excluding hydrogens is 358 g/mol. The molecule has 28 heavy (non-hydrogen) atoms. The molecule has 0 unspecified atom stereocenters. The van der Waals surface area contributed by atoms with Gasteiger partial charge in [-0.1, -0.05) is 30.3 Å². The smallest absolute Gasteiger partial charge is 0.356 e. The van der Waals surface area contributed by atoms with Crippen LogP contribution >= 0.6 is 0 Å². The van der Waals surface area contributed by atoms with E-state index in [2.05, 4.69) is 21.3 Å². The molecule has 1 N–H and O–H groups in total. The number of hydrogen-bond donors (Lipinski definition) is 1. The van der Waals surface area contributed by atoms with Gasteiger partial charge in [0.1, 0.15) is 5.65 Å². The first-order valence-corrected chi connectivity index (χ1v) is 9.14. The highest BCUT2D eigenvalue weighted by atomic mass is 16.6. The molecule has 1 aromatic carbocycles. The summed E-state index contributed by atoms with van der Waals surface area (Å²) in [6.07, 6.45) is 3.33. The molecule has 0 spiro atoms. The summed E-state index contributed by atoms with van der Waals surface area (Å²) >= 11 is 0. The van der Waals surface area contributed by atoms with Gasteiger partial charge in [-0.05, 0) is 50.2 Å². The Bertz CT molecular complexity index is 1110. The predicted molar refractivity (Wildman–Crippen MR) is 107 cm³/mol. The Morgan fingerprint density at radius 1 is 1.21 bits per heavy atom. The lowest BCUT2D eigenvalue weighted by Crippen LogP contribution is -2.41. The van der Waals surface area contributed by atoms with E-state index in [0.29, 0.717) is 5.65 Å². The van der Waals surface area contributed by atoms with E-state index in [1.54, 1.807) is 18.2 Å². The van der Waals surface area contributed by atoms with E-state index in [1.165, 1.54) is 16.2 Å². The number of fused-ring (bicyclic) bond motifs is 2. The molecule has 8 heteroatoms. The molecule has 144 valence electrons. The average Bonchev–Trinajstić information content (AvgIpc) is 2.68. The average molecular weight is 379 g/mol. The summed E-state index contributed by atoms with van der Waals surface area (Å²) in [7, 11) is 3.98. The van der Waals surface area contributed by atoms with Crippen molar-refractivity contribution >= 4 is 17.2 Å². The van der Waals surface area contributed by atoms with Crippen LogP contribution in [-0.2, 0) is 6.42 Å². The molecule has 1 aliphatic rings. The van der Waals surface area contributed by atoms with E-state index in [9.17, 15) is 14.9 Å². The number of likely N-dealkylation sites (N-methyl/N-ethyl adjacent to an activating group) is 1. The van der Waals surface area contributed by atoms with Gasteiger partial charge in [0.2, 0.25) is 5.82 Å². The van der Waals surface area contributed by atoms with Gasteiger partial charge in [-0.25, -0.2) is 4.98 Å². The quantitative estimate of drug-likeness (QED) is 0.553. The van der Waals surface area contributed by atoms with Gasteiger partial charge in [0.05, 0.1) is 11.0 Å². The monoisotopic (exact) mass is 379 g/mol. The number of rotatable bonds is 4. The highest BCUT2D eigenvalue weighted by Gasteiger charge is 2.34. The summed E-state index contributed by atoms with van der Waals surface area (Å²) in [4.78, 5) is 30.3. The standard InChI is InChI=1S/C20H21N5O3/c1-23(2)15-11-10-13-7-3-4-8-14(13)17(15)22-19-18(25(27)28)20(26)24-12-6-5-9-16(24)21-19/h3-9,12,15,17,22H,10-11H2,1-2H3/t15-,17-/m0/s1. The molecule has 2 heterocycles. The van der Waals surface area contributed by atoms with Crippen LogP contribution in [0, 0.1) is 10.1 Å². The number of benzene rings is 1. The molecular formula is C20H21N5O3. The third-order valence-corrected chi connectivity index (χ3v) is 5.33. The van der Waals surface area contributed by atoms with Gasteiger partial charge < -0.3 is 10.2 Å². The number of pyridine rings is 1. The summed E-state index contributed by atoms with van der Waals surface area (Å²) in [5, 5.41) is 14.9. The van der Waals surface area contributed by atoms with Gasteiger partial charge in [-0.2, -0.15) is 0 Å². The second kappa shape index (κ2) is 7.05. The number of aromatic nitrogens is 2. The first-order chi connectivity index (χ1) is 13.5. The first kappa shape index (κ1) is 18.1. The summed E-state index contributed by atoms with van der Waals surface area (Å²) in [5.41, 5.74) is 1.43. The Hall–Kier alpha value is -3.26. The van der Waals surface area contributed by atoms with Crippen molar-refractivity contribution in [3.63, 3.8) is 0 Å². The molecule has 4 rings (SSSR count). The molecule has 1 aliphatic carbocycles. The molecule has 3 aromatic rings.